The molecule has 0 spiro atoms. The fourth-order valence-electron chi connectivity index (χ4n) is 2.34. The van der Waals surface area contributed by atoms with Crippen LogP contribution in [0.5, 0.6) is 0 Å². The number of nitrogens with zero attached hydrogens (tertiary/aromatic N) is 2. The first-order chi connectivity index (χ1) is 11.8. The summed E-state index contributed by atoms with van der Waals surface area (Å²) in [5.41, 5.74) is 4.25. The molecule has 1 N–H and O–H groups in total. The summed E-state index contributed by atoms with van der Waals surface area (Å²) in [5, 5.41) is 2.43. The second-order valence-corrected chi connectivity index (χ2v) is 6.02. The molecule has 0 saturated heterocycles. The van der Waals surface area contributed by atoms with Gasteiger partial charge in [0.1, 0.15) is 10.6 Å². The van der Waals surface area contributed by atoms with Crippen molar-refractivity contribution < 1.29 is 9.21 Å². The monoisotopic (exact) mass is 335 g/mol. The molecular weight excluding hydrogens is 322 g/mol. The lowest BCUT2D eigenvalue weighted by molar-refractivity contribution is 0.104. The number of nitrogens with one attached hydrogen (secondary N) is 1. The normalized spacial score (nSPS) is 13.1. The summed E-state index contributed by atoms with van der Waals surface area (Å²) in [4.78, 5) is 18.1. The van der Waals surface area contributed by atoms with Gasteiger partial charge in [0.15, 0.2) is 5.76 Å². The van der Waals surface area contributed by atoms with E-state index < -0.39 is 0 Å². The summed E-state index contributed by atoms with van der Waals surface area (Å²) in [7, 11) is 0. The third-order valence-electron chi connectivity index (χ3n) is 3.47. The second-order valence-electron chi connectivity index (χ2n) is 5.05. The molecule has 1 aromatic carbocycles. The minimum Gasteiger partial charge on any atom is -0.463 e. The van der Waals surface area contributed by atoms with Crippen molar-refractivity contribution in [2.45, 2.75) is 0 Å². The lowest BCUT2D eigenvalue weighted by Gasteiger charge is -2.18. The van der Waals surface area contributed by atoms with Crippen LogP contribution in [0.3, 0.4) is 0 Å². The highest BCUT2D eigenvalue weighted by atomic mass is 32.1. The number of ketones is 1. The molecule has 0 amide bonds. The van der Waals surface area contributed by atoms with E-state index in [0.717, 1.165) is 0 Å². The topological polar surface area (TPSA) is 58.4 Å². The Kier molecular flexibility index (Phi) is 3.72. The number of hydrazine groups is 1. The molecule has 1 aliphatic heterocycles. The van der Waals surface area contributed by atoms with E-state index in [1.54, 1.807) is 41.7 Å². The summed E-state index contributed by atoms with van der Waals surface area (Å²) in [6.07, 6.45) is 9.00. The highest BCUT2D eigenvalue weighted by molar-refractivity contribution is 7.18. The zero-order chi connectivity index (χ0) is 16.4. The van der Waals surface area contributed by atoms with Crippen LogP contribution < -0.4 is 10.4 Å². The molecule has 0 bridgehead atoms. The lowest BCUT2D eigenvalue weighted by Crippen LogP contribution is -2.29. The zero-order valence-electron chi connectivity index (χ0n) is 12.5. The maximum absolute atomic E-state index is 12.9. The molecule has 118 valence electrons. The molecule has 2 aromatic heterocycles. The first kappa shape index (κ1) is 14.5. The van der Waals surface area contributed by atoms with E-state index >= 15 is 0 Å². The van der Waals surface area contributed by atoms with Crippen LogP contribution in [0.25, 0.3) is 11.5 Å². The van der Waals surface area contributed by atoms with Gasteiger partial charge in [-0.15, -0.1) is 0 Å². The Hall–Kier alpha value is -3.12. The summed E-state index contributed by atoms with van der Waals surface area (Å²) >= 11 is 1.32. The Morgan fingerprint density at radius 3 is 2.71 bits per heavy atom. The van der Waals surface area contributed by atoms with Crippen molar-refractivity contribution >= 4 is 22.3 Å². The predicted molar refractivity (Wildman–Crippen MR) is 93.6 cm³/mol. The van der Waals surface area contributed by atoms with Crippen LogP contribution in [0.15, 0.2) is 77.7 Å². The van der Waals surface area contributed by atoms with Crippen LogP contribution in [0.1, 0.15) is 15.2 Å². The first-order valence-electron chi connectivity index (χ1n) is 7.36. The van der Waals surface area contributed by atoms with Gasteiger partial charge in [-0.1, -0.05) is 41.7 Å². The van der Waals surface area contributed by atoms with Gasteiger partial charge in [0.25, 0.3) is 0 Å². The summed E-state index contributed by atoms with van der Waals surface area (Å²) in [5.74, 6) is 0.510. The Morgan fingerprint density at radius 2 is 2.00 bits per heavy atom. The fourth-order valence-corrected chi connectivity index (χ4v) is 3.33. The number of hydrogen-bond acceptors (Lipinski definition) is 6. The molecule has 0 unspecified atom stereocenters. The molecule has 1 aliphatic rings. The number of allylic oxidation sites excluding steroid dienone is 2. The number of furan rings is 1. The Labute approximate surface area is 142 Å². The van der Waals surface area contributed by atoms with Gasteiger partial charge in [-0.05, 0) is 24.3 Å². The Morgan fingerprint density at radius 1 is 1.12 bits per heavy atom. The molecule has 0 radical (unpaired) electrons. The number of carbonyl (C=O) groups is 1. The maximum atomic E-state index is 12.9. The van der Waals surface area contributed by atoms with Gasteiger partial charge in [0, 0.05) is 18.0 Å². The molecule has 0 saturated carbocycles. The zero-order valence-corrected chi connectivity index (χ0v) is 13.4. The number of benzene rings is 1. The van der Waals surface area contributed by atoms with E-state index in [4.69, 9.17) is 4.42 Å². The number of carbonyl (C=O) groups excluding carboxylic acids is 1. The Balaban J connectivity index is 1.79. The molecule has 6 heteroatoms. The van der Waals surface area contributed by atoms with E-state index in [1.165, 1.54) is 11.3 Å². The van der Waals surface area contributed by atoms with Crippen molar-refractivity contribution in [1.29, 1.82) is 0 Å². The number of hydrogen-bond donors (Lipinski definition) is 1. The van der Waals surface area contributed by atoms with Crippen molar-refractivity contribution in [2.24, 2.45) is 0 Å². The van der Waals surface area contributed by atoms with Gasteiger partial charge >= 0.3 is 0 Å². The second kappa shape index (κ2) is 6.17. The molecule has 0 fully saturated rings. The van der Waals surface area contributed by atoms with Crippen LogP contribution >= 0.6 is 11.3 Å². The summed E-state index contributed by atoms with van der Waals surface area (Å²) < 4.78 is 5.47. The molecule has 3 aromatic rings. The molecular formula is C18H13N3O2S. The van der Waals surface area contributed by atoms with Crippen molar-refractivity contribution in [3.63, 3.8) is 0 Å². The fraction of sp³-hybridized carbons (Fsp3) is 0. The summed E-state index contributed by atoms with van der Waals surface area (Å²) in [6, 6.07) is 12.8. The van der Waals surface area contributed by atoms with Crippen LogP contribution in [-0.2, 0) is 0 Å². The molecule has 0 aliphatic carbocycles. The molecule has 5 nitrogen and oxygen atoms in total. The van der Waals surface area contributed by atoms with Gasteiger partial charge in [-0.25, -0.2) is 9.99 Å². The van der Waals surface area contributed by atoms with E-state index in [0.29, 0.717) is 27.0 Å². The van der Waals surface area contributed by atoms with Crippen LogP contribution in [0, 0.1) is 0 Å². The lowest BCUT2D eigenvalue weighted by atomic mass is 10.1. The molecule has 0 atom stereocenters. The van der Waals surface area contributed by atoms with Gasteiger partial charge < -0.3 is 4.42 Å². The van der Waals surface area contributed by atoms with E-state index in [2.05, 4.69) is 10.4 Å². The quantitative estimate of drug-likeness (QED) is 0.731. The molecule has 3 heterocycles. The predicted octanol–water partition coefficient (Wildman–Crippen LogP) is 3.99. The van der Waals surface area contributed by atoms with Gasteiger partial charge in [-0.2, -0.15) is 0 Å². The highest BCUT2D eigenvalue weighted by Gasteiger charge is 2.24. The molecule has 24 heavy (non-hydrogen) atoms. The van der Waals surface area contributed by atoms with Crippen molar-refractivity contribution in [3.8, 4) is 11.5 Å². The van der Waals surface area contributed by atoms with Crippen LogP contribution in [0.4, 0.5) is 5.13 Å². The van der Waals surface area contributed by atoms with Crippen molar-refractivity contribution in [1.82, 2.24) is 10.4 Å². The van der Waals surface area contributed by atoms with E-state index in [9.17, 15) is 4.79 Å². The van der Waals surface area contributed by atoms with Crippen molar-refractivity contribution in [3.05, 3.63) is 83.7 Å². The van der Waals surface area contributed by atoms with Gasteiger partial charge in [0.2, 0.25) is 10.9 Å². The first-order valence-corrected chi connectivity index (χ1v) is 8.18. The molecule has 4 rings (SSSR count). The third kappa shape index (κ3) is 2.63. The van der Waals surface area contributed by atoms with Crippen molar-refractivity contribution in [2.75, 3.05) is 5.01 Å². The SMILES string of the molecule is O=C(c1ccccc1)c1sc(N2C=CC=CN2)nc1-c1ccco1. The minimum absolute atomic E-state index is 0.0673. The number of aromatic nitrogens is 1. The maximum Gasteiger partial charge on any atom is 0.209 e. The number of rotatable bonds is 4. The van der Waals surface area contributed by atoms with Gasteiger partial charge in [0.05, 0.1) is 6.26 Å². The Bertz CT molecular complexity index is 911. The summed E-state index contributed by atoms with van der Waals surface area (Å²) in [6.45, 7) is 0. The number of anilines is 1. The van der Waals surface area contributed by atoms with E-state index in [1.807, 2.05) is 36.6 Å². The van der Waals surface area contributed by atoms with Gasteiger partial charge in [-0.3, -0.25) is 10.2 Å². The van der Waals surface area contributed by atoms with Crippen LogP contribution in [-0.4, -0.2) is 10.8 Å². The average Bonchev–Trinajstić information content (AvgIpc) is 3.32. The van der Waals surface area contributed by atoms with Crippen LogP contribution in [0.2, 0.25) is 0 Å². The third-order valence-corrected chi connectivity index (χ3v) is 4.53. The highest BCUT2D eigenvalue weighted by Crippen LogP contribution is 2.34. The standard InChI is InChI=1S/C18H13N3O2S/c22-16(13-7-2-1-3-8-13)17-15(14-9-6-12-23-14)20-18(24-17)21-11-5-4-10-19-21/h1-12,19H. The van der Waals surface area contributed by atoms with E-state index in [-0.39, 0.29) is 5.78 Å². The average molecular weight is 335 g/mol. The smallest absolute Gasteiger partial charge is 0.209 e. The minimum atomic E-state index is -0.0673. The number of thiazole rings is 1. The largest absolute Gasteiger partial charge is 0.463 e.